The fourth-order valence-electron chi connectivity index (χ4n) is 2.79. The Morgan fingerprint density at radius 2 is 2.33 bits per heavy atom. The van der Waals surface area contributed by atoms with Crippen molar-refractivity contribution in [2.75, 3.05) is 18.4 Å². The molecule has 1 aromatic heterocycles. The molecule has 1 aliphatic rings. The Labute approximate surface area is 123 Å². The van der Waals surface area contributed by atoms with Crippen molar-refractivity contribution in [2.24, 2.45) is 18.9 Å². The number of urea groups is 1. The van der Waals surface area contributed by atoms with Crippen molar-refractivity contribution >= 4 is 17.7 Å². The van der Waals surface area contributed by atoms with Gasteiger partial charge in [-0.2, -0.15) is 5.10 Å². The highest BCUT2D eigenvalue weighted by molar-refractivity contribution is 5.89. The van der Waals surface area contributed by atoms with Gasteiger partial charge in [0.05, 0.1) is 11.9 Å². The molecule has 0 bridgehead atoms. The van der Waals surface area contributed by atoms with Gasteiger partial charge in [-0.25, -0.2) is 4.79 Å². The van der Waals surface area contributed by atoms with Crippen LogP contribution in [0.15, 0.2) is 12.4 Å². The smallest absolute Gasteiger partial charge is 0.321 e. The van der Waals surface area contributed by atoms with E-state index in [1.165, 1.54) is 0 Å². The van der Waals surface area contributed by atoms with Crippen LogP contribution in [0.1, 0.15) is 26.2 Å². The number of carbonyl (C=O) groups is 2. The third-order valence-electron chi connectivity index (χ3n) is 4.00. The van der Waals surface area contributed by atoms with Crippen LogP contribution >= 0.6 is 0 Å². The van der Waals surface area contributed by atoms with Gasteiger partial charge in [-0.05, 0) is 24.7 Å². The Balaban J connectivity index is 1.90. The first-order chi connectivity index (χ1) is 9.95. The molecular weight excluding hydrogens is 272 g/mol. The minimum absolute atomic E-state index is 0.0801. The van der Waals surface area contributed by atoms with Crippen molar-refractivity contribution in [2.45, 2.75) is 26.2 Å². The van der Waals surface area contributed by atoms with Crippen LogP contribution in [-0.4, -0.2) is 44.9 Å². The minimum Gasteiger partial charge on any atom is -0.481 e. The molecule has 1 aliphatic heterocycles. The van der Waals surface area contributed by atoms with E-state index in [9.17, 15) is 9.59 Å². The summed E-state index contributed by atoms with van der Waals surface area (Å²) in [4.78, 5) is 24.8. The van der Waals surface area contributed by atoms with Gasteiger partial charge in [0, 0.05) is 32.8 Å². The average Bonchev–Trinajstić information content (AvgIpc) is 2.83. The summed E-state index contributed by atoms with van der Waals surface area (Å²) in [6.45, 7) is 3.27. The summed E-state index contributed by atoms with van der Waals surface area (Å²) >= 11 is 0. The van der Waals surface area contributed by atoms with Crippen molar-refractivity contribution in [3.05, 3.63) is 12.4 Å². The van der Waals surface area contributed by atoms with Crippen LogP contribution in [-0.2, 0) is 11.8 Å². The van der Waals surface area contributed by atoms with Crippen molar-refractivity contribution in [1.29, 1.82) is 0 Å². The van der Waals surface area contributed by atoms with Crippen LogP contribution < -0.4 is 5.32 Å². The zero-order chi connectivity index (χ0) is 15.4. The monoisotopic (exact) mass is 294 g/mol. The molecule has 0 spiro atoms. The van der Waals surface area contributed by atoms with Gasteiger partial charge in [0.25, 0.3) is 0 Å². The van der Waals surface area contributed by atoms with Gasteiger partial charge in [-0.3, -0.25) is 9.48 Å². The number of hydrogen-bond donors (Lipinski definition) is 2. The zero-order valence-electron chi connectivity index (χ0n) is 12.5. The lowest BCUT2D eigenvalue weighted by Crippen LogP contribution is -2.44. The number of anilines is 1. The van der Waals surface area contributed by atoms with E-state index < -0.39 is 5.97 Å². The number of likely N-dealkylation sites (tertiary alicyclic amines) is 1. The van der Waals surface area contributed by atoms with E-state index >= 15 is 0 Å². The highest BCUT2D eigenvalue weighted by atomic mass is 16.4. The second-order valence-electron chi connectivity index (χ2n) is 5.76. The van der Waals surface area contributed by atoms with Gasteiger partial charge in [0.1, 0.15) is 0 Å². The fraction of sp³-hybridized carbons (Fsp3) is 0.643. The van der Waals surface area contributed by atoms with E-state index in [0.717, 1.165) is 12.8 Å². The Kier molecular flexibility index (Phi) is 4.82. The minimum atomic E-state index is -0.778. The Morgan fingerprint density at radius 3 is 2.95 bits per heavy atom. The molecule has 2 atom stereocenters. The number of carbonyl (C=O) groups excluding carboxylic acids is 1. The zero-order valence-corrected chi connectivity index (χ0v) is 12.5. The van der Waals surface area contributed by atoms with Crippen LogP contribution in [0.5, 0.6) is 0 Å². The van der Waals surface area contributed by atoms with E-state index in [1.807, 2.05) is 6.92 Å². The molecule has 2 unspecified atom stereocenters. The number of carboxylic acids is 1. The maximum atomic E-state index is 12.2. The Bertz CT molecular complexity index is 514. The lowest BCUT2D eigenvalue weighted by Gasteiger charge is -2.35. The number of nitrogens with one attached hydrogen (secondary N) is 1. The third-order valence-corrected chi connectivity index (χ3v) is 4.00. The maximum absolute atomic E-state index is 12.2. The predicted octanol–water partition coefficient (Wildman–Crippen LogP) is 1.77. The molecule has 116 valence electrons. The summed E-state index contributed by atoms with van der Waals surface area (Å²) in [6, 6.07) is -0.143. The molecule has 1 saturated heterocycles. The van der Waals surface area contributed by atoms with E-state index in [1.54, 1.807) is 29.0 Å². The summed E-state index contributed by atoms with van der Waals surface area (Å²) in [5.41, 5.74) is 0.670. The first-order valence-electron chi connectivity index (χ1n) is 7.22. The second-order valence-corrected chi connectivity index (χ2v) is 5.76. The average molecular weight is 294 g/mol. The van der Waals surface area contributed by atoms with Gasteiger partial charge in [0.2, 0.25) is 0 Å². The number of amides is 2. The predicted molar refractivity (Wildman–Crippen MR) is 77.9 cm³/mol. The molecule has 2 heterocycles. The quantitative estimate of drug-likeness (QED) is 0.886. The topological polar surface area (TPSA) is 87.5 Å². The SMILES string of the molecule is CC(CC(=O)O)C1CCCN(C(=O)Nc2cnn(C)c2)C1. The highest BCUT2D eigenvalue weighted by Crippen LogP contribution is 2.26. The number of rotatable bonds is 4. The van der Waals surface area contributed by atoms with Gasteiger partial charge < -0.3 is 15.3 Å². The van der Waals surface area contributed by atoms with E-state index in [0.29, 0.717) is 18.8 Å². The molecule has 2 N–H and O–H groups in total. The Morgan fingerprint density at radius 1 is 1.57 bits per heavy atom. The normalized spacial score (nSPS) is 20.1. The van der Waals surface area contributed by atoms with Crippen LogP contribution in [0.25, 0.3) is 0 Å². The number of hydrogen-bond acceptors (Lipinski definition) is 3. The first kappa shape index (κ1) is 15.3. The summed E-state index contributed by atoms with van der Waals surface area (Å²) < 4.78 is 1.63. The molecule has 2 amide bonds. The molecule has 1 aromatic rings. The van der Waals surface area contributed by atoms with Crippen molar-refractivity contribution < 1.29 is 14.7 Å². The molecule has 2 rings (SSSR count). The van der Waals surface area contributed by atoms with Crippen LogP contribution in [0.4, 0.5) is 10.5 Å². The van der Waals surface area contributed by atoms with Gasteiger partial charge in [-0.15, -0.1) is 0 Å². The molecular formula is C14H22N4O3. The lowest BCUT2D eigenvalue weighted by molar-refractivity contribution is -0.138. The number of carboxylic acid groups (broad SMARTS) is 1. The van der Waals surface area contributed by atoms with Crippen molar-refractivity contribution in [3.8, 4) is 0 Å². The largest absolute Gasteiger partial charge is 0.481 e. The lowest BCUT2D eigenvalue weighted by atomic mass is 9.85. The number of aryl methyl sites for hydroxylation is 1. The first-order valence-corrected chi connectivity index (χ1v) is 7.22. The van der Waals surface area contributed by atoms with Crippen LogP contribution in [0.3, 0.4) is 0 Å². The van der Waals surface area contributed by atoms with Gasteiger partial charge >= 0.3 is 12.0 Å². The van der Waals surface area contributed by atoms with Crippen LogP contribution in [0.2, 0.25) is 0 Å². The number of nitrogens with zero attached hydrogens (tertiary/aromatic N) is 3. The highest BCUT2D eigenvalue weighted by Gasteiger charge is 2.28. The fourth-order valence-corrected chi connectivity index (χ4v) is 2.79. The van der Waals surface area contributed by atoms with E-state index in [-0.39, 0.29) is 24.3 Å². The maximum Gasteiger partial charge on any atom is 0.321 e. The number of piperidine rings is 1. The molecule has 0 saturated carbocycles. The van der Waals surface area contributed by atoms with Gasteiger partial charge in [-0.1, -0.05) is 6.92 Å². The molecule has 1 fully saturated rings. The summed E-state index contributed by atoms with van der Waals surface area (Å²) in [5, 5.41) is 15.7. The molecule has 7 nitrogen and oxygen atoms in total. The molecule has 21 heavy (non-hydrogen) atoms. The molecule has 0 aliphatic carbocycles. The Hall–Kier alpha value is -2.05. The van der Waals surface area contributed by atoms with E-state index in [2.05, 4.69) is 10.4 Å². The third kappa shape index (κ3) is 4.21. The summed E-state index contributed by atoms with van der Waals surface area (Å²) in [5.74, 6) is -0.453. The molecule has 7 heteroatoms. The van der Waals surface area contributed by atoms with Crippen molar-refractivity contribution in [1.82, 2.24) is 14.7 Å². The standard InChI is InChI=1S/C14H22N4O3/c1-10(6-13(19)20)11-4-3-5-18(8-11)14(21)16-12-7-15-17(2)9-12/h7,9-11H,3-6,8H2,1-2H3,(H,16,21)(H,19,20). The van der Waals surface area contributed by atoms with E-state index in [4.69, 9.17) is 5.11 Å². The molecule has 0 aromatic carbocycles. The van der Waals surface area contributed by atoms with Crippen LogP contribution in [0, 0.1) is 11.8 Å². The molecule has 0 radical (unpaired) electrons. The van der Waals surface area contributed by atoms with Crippen molar-refractivity contribution in [3.63, 3.8) is 0 Å². The van der Waals surface area contributed by atoms with Gasteiger partial charge in [0.15, 0.2) is 0 Å². The second kappa shape index (κ2) is 6.60. The number of aromatic nitrogens is 2. The summed E-state index contributed by atoms with van der Waals surface area (Å²) in [6.07, 6.45) is 5.39. The number of aliphatic carboxylic acids is 1. The summed E-state index contributed by atoms with van der Waals surface area (Å²) in [7, 11) is 1.79.